The Morgan fingerprint density at radius 2 is 1.88 bits per heavy atom. The summed E-state index contributed by atoms with van der Waals surface area (Å²) >= 11 is 0. The second-order valence-corrected chi connectivity index (χ2v) is 8.01. The van der Waals surface area contributed by atoms with Crippen molar-refractivity contribution in [2.75, 3.05) is 25.7 Å². The SMILES string of the molecule is COc1cc(OC)cc(C(NC(=O)CCN2C(=O)C(C)Oc3ccccc32)c2nccn2C)c1. The Morgan fingerprint density at radius 1 is 1.18 bits per heavy atom. The molecule has 0 bridgehead atoms. The first-order valence-electron chi connectivity index (χ1n) is 11.0. The number of amides is 2. The molecule has 0 spiro atoms. The fourth-order valence-electron chi connectivity index (χ4n) is 3.98. The third kappa shape index (κ3) is 4.68. The monoisotopic (exact) mass is 464 g/mol. The molecule has 0 fully saturated rings. The molecule has 1 aliphatic heterocycles. The van der Waals surface area contributed by atoms with Gasteiger partial charge in [-0.2, -0.15) is 0 Å². The number of imidazole rings is 1. The Balaban J connectivity index is 1.56. The third-order valence-corrected chi connectivity index (χ3v) is 5.77. The van der Waals surface area contributed by atoms with E-state index in [1.54, 1.807) is 38.3 Å². The molecule has 9 heteroatoms. The molecule has 1 N–H and O–H groups in total. The molecule has 0 saturated carbocycles. The van der Waals surface area contributed by atoms with Crippen molar-refractivity contribution in [3.05, 3.63) is 66.2 Å². The van der Waals surface area contributed by atoms with E-state index in [0.29, 0.717) is 28.8 Å². The van der Waals surface area contributed by atoms with Gasteiger partial charge in [0.15, 0.2) is 6.10 Å². The van der Waals surface area contributed by atoms with Crippen LogP contribution >= 0.6 is 0 Å². The number of hydrogen-bond acceptors (Lipinski definition) is 6. The number of fused-ring (bicyclic) bond motifs is 1. The standard InChI is InChI=1S/C25H28N4O5/c1-16-25(31)29(20-7-5-6-8-21(20)34-16)11-9-22(30)27-23(24-26-10-12-28(24)2)17-13-18(32-3)15-19(14-17)33-4/h5-8,10,12-16,23H,9,11H2,1-4H3,(H,27,30). The molecular formula is C25H28N4O5. The second-order valence-electron chi connectivity index (χ2n) is 8.01. The minimum atomic E-state index is -0.609. The lowest BCUT2D eigenvalue weighted by Crippen LogP contribution is -2.46. The highest BCUT2D eigenvalue weighted by molar-refractivity contribution is 6.00. The number of rotatable bonds is 8. The summed E-state index contributed by atoms with van der Waals surface area (Å²) in [5, 5.41) is 3.07. The highest BCUT2D eigenvalue weighted by Crippen LogP contribution is 2.34. The summed E-state index contributed by atoms with van der Waals surface area (Å²) in [5.74, 6) is 2.10. The summed E-state index contributed by atoms with van der Waals surface area (Å²) in [6, 6.07) is 12.2. The van der Waals surface area contributed by atoms with Crippen molar-refractivity contribution in [2.24, 2.45) is 7.05 Å². The van der Waals surface area contributed by atoms with Gasteiger partial charge in [-0.1, -0.05) is 12.1 Å². The molecule has 2 aromatic carbocycles. The molecule has 4 rings (SSSR count). The van der Waals surface area contributed by atoms with Crippen molar-refractivity contribution in [2.45, 2.75) is 25.5 Å². The number of anilines is 1. The molecule has 1 aliphatic rings. The number of hydrogen-bond donors (Lipinski definition) is 1. The Kier molecular flexibility index (Phi) is 6.72. The van der Waals surface area contributed by atoms with E-state index in [9.17, 15) is 9.59 Å². The van der Waals surface area contributed by atoms with Crippen LogP contribution in [-0.4, -0.2) is 48.2 Å². The van der Waals surface area contributed by atoms with E-state index in [1.807, 2.05) is 54.2 Å². The van der Waals surface area contributed by atoms with Crippen LogP contribution in [0.15, 0.2) is 54.9 Å². The molecule has 3 aromatic rings. The van der Waals surface area contributed by atoms with E-state index >= 15 is 0 Å². The van der Waals surface area contributed by atoms with Gasteiger partial charge in [0, 0.05) is 38.5 Å². The molecule has 0 radical (unpaired) electrons. The zero-order chi connectivity index (χ0) is 24.2. The number of nitrogens with zero attached hydrogens (tertiary/aromatic N) is 3. The van der Waals surface area contributed by atoms with Crippen molar-refractivity contribution < 1.29 is 23.8 Å². The molecule has 1 aromatic heterocycles. The van der Waals surface area contributed by atoms with E-state index in [1.165, 1.54) is 0 Å². The maximum Gasteiger partial charge on any atom is 0.267 e. The molecule has 2 unspecified atom stereocenters. The number of para-hydroxylation sites is 2. The highest BCUT2D eigenvalue weighted by atomic mass is 16.5. The van der Waals surface area contributed by atoms with Gasteiger partial charge in [0.1, 0.15) is 29.1 Å². The van der Waals surface area contributed by atoms with Gasteiger partial charge >= 0.3 is 0 Å². The van der Waals surface area contributed by atoms with E-state index in [-0.39, 0.29) is 24.8 Å². The molecule has 2 heterocycles. The zero-order valence-electron chi connectivity index (χ0n) is 19.6. The summed E-state index contributed by atoms with van der Waals surface area (Å²) in [7, 11) is 5.01. The minimum Gasteiger partial charge on any atom is -0.497 e. The average Bonchev–Trinajstić information content (AvgIpc) is 3.27. The summed E-state index contributed by atoms with van der Waals surface area (Å²) in [5.41, 5.74) is 1.43. The summed E-state index contributed by atoms with van der Waals surface area (Å²) in [6.45, 7) is 1.93. The minimum absolute atomic E-state index is 0.106. The van der Waals surface area contributed by atoms with Crippen LogP contribution in [0.5, 0.6) is 17.2 Å². The number of ether oxygens (including phenoxy) is 3. The van der Waals surface area contributed by atoms with Crippen molar-refractivity contribution in [1.29, 1.82) is 0 Å². The van der Waals surface area contributed by atoms with E-state index < -0.39 is 12.1 Å². The summed E-state index contributed by atoms with van der Waals surface area (Å²) in [4.78, 5) is 31.9. The molecule has 2 amide bonds. The van der Waals surface area contributed by atoms with Crippen LogP contribution < -0.4 is 24.4 Å². The normalized spacial score (nSPS) is 15.8. The predicted octanol–water partition coefficient (Wildman–Crippen LogP) is 2.85. The van der Waals surface area contributed by atoms with Gasteiger partial charge in [-0.3, -0.25) is 9.59 Å². The maximum atomic E-state index is 13.1. The van der Waals surface area contributed by atoms with Gasteiger partial charge in [0.25, 0.3) is 5.91 Å². The molecular weight excluding hydrogens is 436 g/mol. The lowest BCUT2D eigenvalue weighted by molar-refractivity contribution is -0.125. The maximum absolute atomic E-state index is 13.1. The van der Waals surface area contributed by atoms with Gasteiger partial charge in [0.05, 0.1) is 19.9 Å². The topological polar surface area (TPSA) is 94.9 Å². The van der Waals surface area contributed by atoms with Crippen molar-refractivity contribution in [3.63, 3.8) is 0 Å². The van der Waals surface area contributed by atoms with Crippen LogP contribution in [0.1, 0.15) is 30.8 Å². The van der Waals surface area contributed by atoms with Crippen LogP contribution in [0.2, 0.25) is 0 Å². The number of aryl methyl sites for hydroxylation is 1. The number of methoxy groups -OCH3 is 2. The predicted molar refractivity (Wildman–Crippen MR) is 126 cm³/mol. The number of nitrogens with one attached hydrogen (secondary N) is 1. The van der Waals surface area contributed by atoms with Crippen LogP contribution in [0.3, 0.4) is 0 Å². The van der Waals surface area contributed by atoms with Crippen LogP contribution in [0.25, 0.3) is 0 Å². The quantitative estimate of drug-likeness (QED) is 0.551. The van der Waals surface area contributed by atoms with Crippen molar-refractivity contribution >= 4 is 17.5 Å². The van der Waals surface area contributed by atoms with Gasteiger partial charge in [0.2, 0.25) is 5.91 Å². The fourth-order valence-corrected chi connectivity index (χ4v) is 3.98. The first kappa shape index (κ1) is 23.2. The Labute approximate surface area is 198 Å². The summed E-state index contributed by atoms with van der Waals surface area (Å²) in [6.07, 6.45) is 2.99. The lowest BCUT2D eigenvalue weighted by Gasteiger charge is -2.33. The van der Waals surface area contributed by atoms with Gasteiger partial charge in [-0.15, -0.1) is 0 Å². The van der Waals surface area contributed by atoms with Gasteiger partial charge < -0.3 is 29.0 Å². The smallest absolute Gasteiger partial charge is 0.267 e. The first-order chi connectivity index (χ1) is 16.4. The number of carbonyl (C=O) groups excluding carboxylic acids is 2. The summed E-state index contributed by atoms with van der Waals surface area (Å²) < 4.78 is 18.3. The van der Waals surface area contributed by atoms with E-state index in [0.717, 1.165) is 5.56 Å². The zero-order valence-corrected chi connectivity index (χ0v) is 19.6. The number of aromatic nitrogens is 2. The van der Waals surface area contributed by atoms with E-state index in [2.05, 4.69) is 10.3 Å². The first-order valence-corrected chi connectivity index (χ1v) is 11.0. The molecule has 2 atom stereocenters. The Bertz CT molecular complexity index is 1170. The second kappa shape index (κ2) is 9.86. The molecule has 178 valence electrons. The van der Waals surface area contributed by atoms with E-state index in [4.69, 9.17) is 14.2 Å². The average molecular weight is 465 g/mol. The highest BCUT2D eigenvalue weighted by Gasteiger charge is 2.31. The molecule has 0 aliphatic carbocycles. The Hall–Kier alpha value is -4.01. The number of carbonyl (C=O) groups is 2. The van der Waals surface area contributed by atoms with Gasteiger partial charge in [-0.05, 0) is 36.8 Å². The van der Waals surface area contributed by atoms with Crippen LogP contribution in [0.4, 0.5) is 5.69 Å². The number of benzene rings is 2. The van der Waals surface area contributed by atoms with Gasteiger partial charge in [-0.25, -0.2) is 4.98 Å². The third-order valence-electron chi connectivity index (χ3n) is 5.77. The molecule has 34 heavy (non-hydrogen) atoms. The fraction of sp³-hybridized carbons (Fsp3) is 0.320. The molecule has 9 nitrogen and oxygen atoms in total. The van der Waals surface area contributed by atoms with Crippen molar-refractivity contribution in [1.82, 2.24) is 14.9 Å². The lowest BCUT2D eigenvalue weighted by atomic mass is 10.0. The van der Waals surface area contributed by atoms with Crippen molar-refractivity contribution in [3.8, 4) is 17.2 Å². The Morgan fingerprint density at radius 3 is 2.53 bits per heavy atom. The molecule has 0 saturated heterocycles. The van der Waals surface area contributed by atoms with Crippen LogP contribution in [0, 0.1) is 0 Å². The van der Waals surface area contributed by atoms with Crippen LogP contribution in [-0.2, 0) is 16.6 Å². The largest absolute Gasteiger partial charge is 0.497 e.